The van der Waals surface area contributed by atoms with Crippen molar-refractivity contribution in [3.05, 3.63) is 33.8 Å². The molecule has 104 valence electrons. The van der Waals surface area contributed by atoms with E-state index in [1.54, 1.807) is 18.2 Å². The summed E-state index contributed by atoms with van der Waals surface area (Å²) in [7, 11) is 1.35. The van der Waals surface area contributed by atoms with Gasteiger partial charge in [0.1, 0.15) is 0 Å². The lowest BCUT2D eigenvalue weighted by molar-refractivity contribution is -0.168. The van der Waals surface area contributed by atoms with Crippen LogP contribution in [0.3, 0.4) is 0 Å². The summed E-state index contributed by atoms with van der Waals surface area (Å²) in [5.74, 6) is -0.344. The number of carbonyl (C=O) groups is 1. The highest BCUT2D eigenvalue weighted by Gasteiger charge is 2.59. The van der Waals surface area contributed by atoms with Crippen molar-refractivity contribution in [1.29, 1.82) is 0 Å². The Morgan fingerprint density at radius 3 is 2.47 bits per heavy atom. The Labute approximate surface area is 122 Å². The van der Waals surface area contributed by atoms with Crippen LogP contribution in [-0.2, 0) is 14.9 Å². The van der Waals surface area contributed by atoms with Crippen molar-refractivity contribution in [2.24, 2.45) is 0 Å². The van der Waals surface area contributed by atoms with E-state index in [2.05, 4.69) is 0 Å². The molecule has 0 spiro atoms. The zero-order valence-electron chi connectivity index (χ0n) is 10.9. The van der Waals surface area contributed by atoms with Crippen LogP contribution in [0.15, 0.2) is 18.2 Å². The molecule has 1 aromatic carbocycles. The molecule has 0 aromatic heterocycles. The van der Waals surface area contributed by atoms with Gasteiger partial charge in [-0.15, -0.1) is 0 Å². The molecule has 0 atom stereocenters. The minimum Gasteiger partial charge on any atom is -0.468 e. The SMILES string of the molecule is CCC1(O)CC(C(=O)OC)(c2ccc(Cl)c(Cl)c2)C1. The van der Waals surface area contributed by atoms with Gasteiger partial charge in [-0.3, -0.25) is 4.79 Å². The largest absolute Gasteiger partial charge is 0.468 e. The minimum atomic E-state index is -0.812. The van der Waals surface area contributed by atoms with Crippen molar-refractivity contribution in [1.82, 2.24) is 0 Å². The molecule has 0 bridgehead atoms. The van der Waals surface area contributed by atoms with E-state index in [0.29, 0.717) is 29.3 Å². The van der Waals surface area contributed by atoms with Gasteiger partial charge in [0.25, 0.3) is 0 Å². The van der Waals surface area contributed by atoms with Crippen LogP contribution in [0.5, 0.6) is 0 Å². The lowest BCUT2D eigenvalue weighted by Gasteiger charge is -2.51. The summed E-state index contributed by atoms with van der Waals surface area (Å²) >= 11 is 11.9. The van der Waals surface area contributed by atoms with Crippen molar-refractivity contribution in [3.8, 4) is 0 Å². The Morgan fingerprint density at radius 1 is 1.37 bits per heavy atom. The van der Waals surface area contributed by atoms with Crippen LogP contribution >= 0.6 is 23.2 Å². The summed E-state index contributed by atoms with van der Waals surface area (Å²) in [6.45, 7) is 1.90. The average Bonchev–Trinajstić information content (AvgIpc) is 2.37. The van der Waals surface area contributed by atoms with Gasteiger partial charge in [0.15, 0.2) is 0 Å². The topological polar surface area (TPSA) is 46.5 Å². The summed E-state index contributed by atoms with van der Waals surface area (Å²) in [4.78, 5) is 12.1. The first-order valence-electron chi connectivity index (χ1n) is 6.13. The number of esters is 1. The molecule has 1 N–H and O–H groups in total. The summed E-state index contributed by atoms with van der Waals surface area (Å²) in [5.41, 5.74) is -0.875. The van der Waals surface area contributed by atoms with Crippen LogP contribution in [0.4, 0.5) is 0 Å². The molecule has 0 aliphatic heterocycles. The second-order valence-corrected chi connectivity index (χ2v) is 5.95. The van der Waals surface area contributed by atoms with Crippen molar-refractivity contribution >= 4 is 29.2 Å². The van der Waals surface area contributed by atoms with E-state index in [-0.39, 0.29) is 5.97 Å². The highest BCUT2D eigenvalue weighted by atomic mass is 35.5. The second kappa shape index (κ2) is 4.97. The minimum absolute atomic E-state index is 0.344. The highest BCUT2D eigenvalue weighted by molar-refractivity contribution is 6.42. The Hall–Kier alpha value is -0.770. The van der Waals surface area contributed by atoms with Gasteiger partial charge >= 0.3 is 5.97 Å². The predicted molar refractivity (Wildman–Crippen MR) is 74.6 cm³/mol. The number of ether oxygens (including phenoxy) is 1. The molecule has 0 unspecified atom stereocenters. The Kier molecular flexibility index (Phi) is 3.83. The molecule has 0 amide bonds. The molecule has 1 aliphatic rings. The summed E-state index contributed by atoms with van der Waals surface area (Å²) in [5, 5.41) is 11.1. The van der Waals surface area contributed by atoms with Crippen LogP contribution in [0.2, 0.25) is 10.0 Å². The number of hydrogen-bond acceptors (Lipinski definition) is 3. The average molecular weight is 303 g/mol. The van der Waals surface area contributed by atoms with Crippen LogP contribution < -0.4 is 0 Å². The molecule has 1 aliphatic carbocycles. The molecule has 3 nitrogen and oxygen atoms in total. The van der Waals surface area contributed by atoms with Gasteiger partial charge in [0.2, 0.25) is 0 Å². The van der Waals surface area contributed by atoms with Gasteiger partial charge in [0.05, 0.1) is 28.2 Å². The van der Waals surface area contributed by atoms with Gasteiger partial charge in [-0.1, -0.05) is 36.2 Å². The number of rotatable bonds is 3. The zero-order chi connectivity index (χ0) is 14.3. The van der Waals surface area contributed by atoms with Crippen LogP contribution in [0.25, 0.3) is 0 Å². The first-order valence-corrected chi connectivity index (χ1v) is 6.89. The van der Waals surface area contributed by atoms with E-state index in [0.717, 1.165) is 5.56 Å². The van der Waals surface area contributed by atoms with E-state index in [4.69, 9.17) is 27.9 Å². The summed E-state index contributed by atoms with van der Waals surface area (Å²) in [6, 6.07) is 5.10. The maximum absolute atomic E-state index is 12.1. The van der Waals surface area contributed by atoms with E-state index >= 15 is 0 Å². The maximum Gasteiger partial charge on any atom is 0.316 e. The van der Waals surface area contributed by atoms with E-state index < -0.39 is 11.0 Å². The molecule has 19 heavy (non-hydrogen) atoms. The van der Waals surface area contributed by atoms with Crippen LogP contribution in [-0.4, -0.2) is 23.8 Å². The second-order valence-electron chi connectivity index (χ2n) is 5.13. The van der Waals surface area contributed by atoms with Gasteiger partial charge in [0, 0.05) is 0 Å². The first-order chi connectivity index (χ1) is 8.87. The monoisotopic (exact) mass is 302 g/mol. The fraction of sp³-hybridized carbons (Fsp3) is 0.500. The van der Waals surface area contributed by atoms with Gasteiger partial charge in [-0.25, -0.2) is 0 Å². The molecular formula is C14H16Cl2O3. The molecule has 0 heterocycles. The molecule has 1 saturated carbocycles. The zero-order valence-corrected chi connectivity index (χ0v) is 12.4. The van der Waals surface area contributed by atoms with Crippen LogP contribution in [0, 0.1) is 0 Å². The van der Waals surface area contributed by atoms with E-state index in [1.807, 2.05) is 6.92 Å². The molecule has 0 saturated heterocycles. The van der Waals surface area contributed by atoms with Gasteiger partial charge < -0.3 is 9.84 Å². The third-order valence-electron chi connectivity index (χ3n) is 3.97. The number of halogens is 2. The molecular weight excluding hydrogens is 287 g/mol. The Bertz CT molecular complexity index is 507. The molecule has 1 aromatic rings. The van der Waals surface area contributed by atoms with Crippen molar-refractivity contribution in [2.75, 3.05) is 7.11 Å². The maximum atomic E-state index is 12.1. The van der Waals surface area contributed by atoms with Gasteiger partial charge in [-0.05, 0) is 37.0 Å². The Balaban J connectivity index is 2.40. The standard InChI is InChI=1S/C14H16Cl2O3/c1-3-13(18)7-14(8-13,12(17)19-2)9-4-5-10(15)11(16)6-9/h4-6,18H,3,7-8H2,1-2H3. The number of hydrogen-bond donors (Lipinski definition) is 1. The number of benzene rings is 1. The third-order valence-corrected chi connectivity index (χ3v) is 4.71. The molecule has 1 fully saturated rings. The molecule has 2 rings (SSSR count). The quantitative estimate of drug-likeness (QED) is 0.871. The van der Waals surface area contributed by atoms with Gasteiger partial charge in [-0.2, -0.15) is 0 Å². The highest BCUT2D eigenvalue weighted by Crippen LogP contribution is 2.53. The Morgan fingerprint density at radius 2 is 2.00 bits per heavy atom. The number of aliphatic hydroxyl groups is 1. The van der Waals surface area contributed by atoms with Crippen molar-refractivity contribution in [3.63, 3.8) is 0 Å². The fourth-order valence-electron chi connectivity index (χ4n) is 2.78. The fourth-order valence-corrected chi connectivity index (χ4v) is 3.08. The smallest absolute Gasteiger partial charge is 0.316 e. The van der Waals surface area contributed by atoms with E-state index in [1.165, 1.54) is 7.11 Å². The van der Waals surface area contributed by atoms with Crippen LogP contribution in [0.1, 0.15) is 31.7 Å². The third kappa shape index (κ3) is 2.35. The predicted octanol–water partition coefficient (Wildman–Crippen LogP) is 3.34. The molecule has 0 radical (unpaired) electrons. The lowest BCUT2D eigenvalue weighted by Crippen LogP contribution is -2.58. The lowest BCUT2D eigenvalue weighted by atomic mass is 9.55. The van der Waals surface area contributed by atoms with Crippen molar-refractivity contribution in [2.45, 2.75) is 37.2 Å². The summed E-state index contributed by atoms with van der Waals surface area (Å²) < 4.78 is 4.89. The normalized spacial score (nSPS) is 29.7. The summed E-state index contributed by atoms with van der Waals surface area (Å²) in [6.07, 6.45) is 1.30. The van der Waals surface area contributed by atoms with E-state index in [9.17, 15) is 9.90 Å². The van der Waals surface area contributed by atoms with Crippen molar-refractivity contribution < 1.29 is 14.6 Å². The number of methoxy groups -OCH3 is 1. The molecule has 5 heteroatoms. The first kappa shape index (κ1) is 14.6. The number of carbonyl (C=O) groups excluding carboxylic acids is 1.